The molecule has 1 fully saturated rings. The van der Waals surface area contributed by atoms with Crippen molar-refractivity contribution >= 4 is 11.7 Å². The predicted molar refractivity (Wildman–Crippen MR) is 78.7 cm³/mol. The molecular weight excluding hydrogens is 273 g/mol. The van der Waals surface area contributed by atoms with Gasteiger partial charge in [-0.25, -0.2) is 9.18 Å². The quantitative estimate of drug-likeness (QED) is 0.848. The molecular formula is C16H22FNO3. The number of benzene rings is 1. The molecule has 2 atom stereocenters. The minimum atomic E-state index is -0.922. The summed E-state index contributed by atoms with van der Waals surface area (Å²) in [5.41, 5.74) is -0.602. The van der Waals surface area contributed by atoms with E-state index in [9.17, 15) is 9.18 Å². The van der Waals surface area contributed by atoms with Gasteiger partial charge in [0.1, 0.15) is 11.4 Å². The third kappa shape index (κ3) is 3.53. The molecule has 0 radical (unpaired) electrons. The van der Waals surface area contributed by atoms with Crippen molar-refractivity contribution in [3.8, 4) is 0 Å². The second-order valence-electron chi connectivity index (χ2n) is 5.41. The van der Waals surface area contributed by atoms with E-state index in [1.165, 1.54) is 13.2 Å². The summed E-state index contributed by atoms with van der Waals surface area (Å²) in [4.78, 5) is 12.3. The Bertz CT molecular complexity index is 492. The Labute approximate surface area is 124 Å². The van der Waals surface area contributed by atoms with Gasteiger partial charge in [-0.05, 0) is 18.6 Å². The highest BCUT2D eigenvalue weighted by Crippen LogP contribution is 2.32. The van der Waals surface area contributed by atoms with Gasteiger partial charge in [-0.3, -0.25) is 0 Å². The van der Waals surface area contributed by atoms with Crippen molar-refractivity contribution < 1.29 is 18.7 Å². The average molecular weight is 295 g/mol. The highest BCUT2D eigenvalue weighted by atomic mass is 19.1. The Morgan fingerprint density at radius 1 is 1.52 bits per heavy atom. The van der Waals surface area contributed by atoms with Gasteiger partial charge in [0, 0.05) is 19.4 Å². The Morgan fingerprint density at radius 3 is 2.95 bits per heavy atom. The lowest BCUT2D eigenvalue weighted by Crippen LogP contribution is -2.53. The van der Waals surface area contributed by atoms with Gasteiger partial charge in [-0.2, -0.15) is 0 Å². The standard InChI is InChI=1S/C16H22FNO3/c1-3-6-12-11-16(9-10-21-12,15(19)20-2)18-14-8-5-4-7-13(14)17/h4-5,7-8,12,18H,3,6,9-11H2,1-2H3. The van der Waals surface area contributed by atoms with Crippen LogP contribution < -0.4 is 5.32 Å². The Balaban J connectivity index is 2.25. The van der Waals surface area contributed by atoms with Crippen LogP contribution in [0.4, 0.5) is 10.1 Å². The number of nitrogens with one attached hydrogen (secondary N) is 1. The minimum Gasteiger partial charge on any atom is -0.467 e. The first kappa shape index (κ1) is 15.8. The third-order valence-corrected chi connectivity index (χ3v) is 3.89. The van der Waals surface area contributed by atoms with Crippen molar-refractivity contribution in [1.29, 1.82) is 0 Å². The molecule has 2 rings (SSSR count). The smallest absolute Gasteiger partial charge is 0.331 e. The summed E-state index contributed by atoms with van der Waals surface area (Å²) in [5.74, 6) is -0.741. The van der Waals surface area contributed by atoms with Gasteiger partial charge in [0.25, 0.3) is 0 Å². The highest BCUT2D eigenvalue weighted by molar-refractivity contribution is 5.84. The van der Waals surface area contributed by atoms with E-state index in [0.717, 1.165) is 12.8 Å². The predicted octanol–water partition coefficient (Wildman–Crippen LogP) is 3.13. The molecule has 0 amide bonds. The van der Waals surface area contributed by atoms with Crippen LogP contribution in [0.25, 0.3) is 0 Å². The number of carbonyl (C=O) groups excluding carboxylic acids is 1. The molecule has 1 N–H and O–H groups in total. The number of ether oxygens (including phenoxy) is 2. The van der Waals surface area contributed by atoms with E-state index in [4.69, 9.17) is 9.47 Å². The van der Waals surface area contributed by atoms with Crippen LogP contribution in [0.3, 0.4) is 0 Å². The Morgan fingerprint density at radius 2 is 2.29 bits per heavy atom. The zero-order chi connectivity index (χ0) is 15.3. The van der Waals surface area contributed by atoms with E-state index in [1.807, 2.05) is 0 Å². The first-order valence-electron chi connectivity index (χ1n) is 7.34. The van der Waals surface area contributed by atoms with Gasteiger partial charge < -0.3 is 14.8 Å². The molecule has 1 aliphatic heterocycles. The minimum absolute atomic E-state index is 0.0119. The summed E-state index contributed by atoms with van der Waals surface area (Å²) in [6, 6.07) is 6.36. The van der Waals surface area contributed by atoms with Crippen LogP contribution in [0.2, 0.25) is 0 Å². The zero-order valence-electron chi connectivity index (χ0n) is 12.5. The molecule has 1 saturated heterocycles. The molecule has 0 saturated carbocycles. The van der Waals surface area contributed by atoms with E-state index >= 15 is 0 Å². The van der Waals surface area contributed by atoms with E-state index < -0.39 is 5.54 Å². The van der Waals surface area contributed by atoms with Gasteiger partial charge in [-0.15, -0.1) is 0 Å². The number of para-hydroxylation sites is 1. The molecule has 0 bridgehead atoms. The fourth-order valence-corrected chi connectivity index (χ4v) is 2.82. The monoisotopic (exact) mass is 295 g/mol. The second-order valence-corrected chi connectivity index (χ2v) is 5.41. The van der Waals surface area contributed by atoms with Crippen LogP contribution in [0.15, 0.2) is 24.3 Å². The van der Waals surface area contributed by atoms with Gasteiger partial charge >= 0.3 is 5.97 Å². The molecule has 1 aromatic carbocycles. The molecule has 0 aromatic heterocycles. The van der Waals surface area contributed by atoms with Crippen molar-refractivity contribution in [1.82, 2.24) is 0 Å². The summed E-state index contributed by atoms with van der Waals surface area (Å²) in [6.07, 6.45) is 2.79. The van der Waals surface area contributed by atoms with Gasteiger partial charge in [0.2, 0.25) is 0 Å². The van der Waals surface area contributed by atoms with E-state index in [-0.39, 0.29) is 17.9 Å². The van der Waals surface area contributed by atoms with Crippen molar-refractivity contribution in [2.45, 2.75) is 44.2 Å². The fourth-order valence-electron chi connectivity index (χ4n) is 2.82. The molecule has 5 heteroatoms. The first-order chi connectivity index (χ1) is 10.1. The van der Waals surface area contributed by atoms with Crippen LogP contribution >= 0.6 is 0 Å². The van der Waals surface area contributed by atoms with Gasteiger partial charge in [0.15, 0.2) is 0 Å². The number of halogens is 1. The molecule has 4 nitrogen and oxygen atoms in total. The van der Waals surface area contributed by atoms with Crippen LogP contribution in [0.1, 0.15) is 32.6 Å². The van der Waals surface area contributed by atoms with Crippen molar-refractivity contribution in [3.05, 3.63) is 30.1 Å². The highest BCUT2D eigenvalue weighted by Gasteiger charge is 2.44. The van der Waals surface area contributed by atoms with Crippen molar-refractivity contribution in [2.75, 3.05) is 19.0 Å². The summed E-state index contributed by atoms with van der Waals surface area (Å²) in [6.45, 7) is 2.53. The van der Waals surface area contributed by atoms with E-state index in [1.54, 1.807) is 18.2 Å². The molecule has 21 heavy (non-hydrogen) atoms. The maximum atomic E-state index is 13.9. The molecule has 1 heterocycles. The maximum Gasteiger partial charge on any atom is 0.331 e. The van der Waals surface area contributed by atoms with Gasteiger partial charge in [-0.1, -0.05) is 25.5 Å². The summed E-state index contributed by atoms with van der Waals surface area (Å²) >= 11 is 0. The zero-order valence-corrected chi connectivity index (χ0v) is 12.5. The molecule has 0 aliphatic carbocycles. The van der Waals surface area contributed by atoms with Crippen LogP contribution in [-0.2, 0) is 14.3 Å². The van der Waals surface area contributed by atoms with Crippen molar-refractivity contribution in [2.24, 2.45) is 0 Å². The number of hydrogen-bond acceptors (Lipinski definition) is 4. The summed E-state index contributed by atoms with van der Waals surface area (Å²) in [7, 11) is 1.36. The maximum absolute atomic E-state index is 13.9. The van der Waals surface area contributed by atoms with E-state index in [0.29, 0.717) is 25.1 Å². The lowest BCUT2D eigenvalue weighted by molar-refractivity contribution is -0.151. The van der Waals surface area contributed by atoms with Crippen molar-refractivity contribution in [3.63, 3.8) is 0 Å². The average Bonchev–Trinajstić information content (AvgIpc) is 2.49. The molecule has 116 valence electrons. The number of rotatable bonds is 5. The molecule has 1 aliphatic rings. The summed E-state index contributed by atoms with van der Waals surface area (Å²) in [5, 5.41) is 3.07. The largest absolute Gasteiger partial charge is 0.467 e. The number of anilines is 1. The SMILES string of the molecule is CCCC1CC(Nc2ccccc2F)(C(=O)OC)CCO1. The van der Waals surface area contributed by atoms with E-state index in [2.05, 4.69) is 12.2 Å². The van der Waals surface area contributed by atoms with Crippen LogP contribution in [-0.4, -0.2) is 31.3 Å². The molecule has 0 spiro atoms. The Hall–Kier alpha value is -1.62. The lowest BCUT2D eigenvalue weighted by Gasteiger charge is -2.39. The summed E-state index contributed by atoms with van der Waals surface area (Å²) < 4.78 is 24.5. The second kappa shape index (κ2) is 6.89. The van der Waals surface area contributed by atoms with Crippen LogP contribution in [0.5, 0.6) is 0 Å². The van der Waals surface area contributed by atoms with Gasteiger partial charge in [0.05, 0.1) is 18.9 Å². The topological polar surface area (TPSA) is 47.6 Å². The fraction of sp³-hybridized carbons (Fsp3) is 0.562. The Kier molecular flexibility index (Phi) is 5.17. The molecule has 2 unspecified atom stereocenters. The normalized spacial score (nSPS) is 25.4. The van der Waals surface area contributed by atoms with Crippen LogP contribution in [0, 0.1) is 5.82 Å². The first-order valence-corrected chi connectivity index (χ1v) is 7.34. The third-order valence-electron chi connectivity index (χ3n) is 3.89. The number of carbonyl (C=O) groups is 1. The lowest BCUT2D eigenvalue weighted by atomic mass is 9.85. The number of methoxy groups -OCH3 is 1. The molecule has 1 aromatic rings. The number of hydrogen-bond donors (Lipinski definition) is 1. The number of esters is 1.